The minimum atomic E-state index is 0.515. The van der Waals surface area contributed by atoms with Crippen molar-refractivity contribution < 1.29 is 0 Å². The molecule has 1 aliphatic carbocycles. The highest BCUT2D eigenvalue weighted by atomic mass is 14.9. The number of nitrogens with one attached hydrogen (secondary N) is 1. The Morgan fingerprint density at radius 2 is 1.84 bits per heavy atom. The van der Waals surface area contributed by atoms with Crippen LogP contribution in [0.1, 0.15) is 79.6 Å². The summed E-state index contributed by atoms with van der Waals surface area (Å²) in [6, 6.07) is 0.515. The van der Waals surface area contributed by atoms with Gasteiger partial charge < -0.3 is 5.32 Å². The Morgan fingerprint density at radius 3 is 2.32 bits per heavy atom. The molecule has 0 bridgehead atoms. The molecular weight excluding hydrogens is 230 g/mol. The SMILES string of the molecule is C=C(CC1CCCC1)/C(=C\NC(C)C)CCC.CC. The van der Waals surface area contributed by atoms with Gasteiger partial charge >= 0.3 is 0 Å². The van der Waals surface area contributed by atoms with E-state index in [1.54, 1.807) is 0 Å². The first kappa shape index (κ1) is 18.3. The monoisotopic (exact) mass is 265 g/mol. The second-order valence-corrected chi connectivity index (χ2v) is 5.70. The zero-order valence-electron chi connectivity index (χ0n) is 13.9. The van der Waals surface area contributed by atoms with Gasteiger partial charge in [0.1, 0.15) is 0 Å². The summed E-state index contributed by atoms with van der Waals surface area (Å²) in [6.07, 6.45) is 11.5. The highest BCUT2D eigenvalue weighted by molar-refractivity contribution is 5.28. The quantitative estimate of drug-likeness (QED) is 0.571. The second kappa shape index (κ2) is 11.1. The van der Waals surface area contributed by atoms with E-state index < -0.39 is 0 Å². The molecule has 0 aromatic heterocycles. The van der Waals surface area contributed by atoms with Gasteiger partial charge in [-0.25, -0.2) is 0 Å². The van der Waals surface area contributed by atoms with Gasteiger partial charge in [0.2, 0.25) is 0 Å². The molecule has 1 heteroatoms. The fraction of sp³-hybridized carbons (Fsp3) is 0.778. The lowest BCUT2D eigenvalue weighted by molar-refractivity contribution is 0.544. The third-order valence-electron chi connectivity index (χ3n) is 3.57. The molecule has 1 rings (SSSR count). The molecular formula is C18H35N. The van der Waals surface area contributed by atoms with Crippen LogP contribution >= 0.6 is 0 Å². The molecule has 1 saturated carbocycles. The standard InChI is InChI=1S/C16H29N.C2H6/c1-5-8-16(12-17-13(2)3)14(4)11-15-9-6-7-10-15;1-2/h12-13,15,17H,4-11H2,1-3H3;1-2H3/b16-12-;. The molecule has 0 atom stereocenters. The summed E-state index contributed by atoms with van der Waals surface area (Å²) in [5, 5.41) is 3.41. The minimum absolute atomic E-state index is 0.515. The summed E-state index contributed by atoms with van der Waals surface area (Å²) in [5.74, 6) is 0.904. The van der Waals surface area contributed by atoms with Crippen LogP contribution in [0.25, 0.3) is 0 Å². The summed E-state index contributed by atoms with van der Waals surface area (Å²) in [4.78, 5) is 0. The Hall–Kier alpha value is -0.720. The van der Waals surface area contributed by atoms with Crippen LogP contribution in [-0.2, 0) is 0 Å². The molecule has 112 valence electrons. The molecule has 19 heavy (non-hydrogen) atoms. The summed E-state index contributed by atoms with van der Waals surface area (Å²) in [6.45, 7) is 14.9. The average Bonchev–Trinajstić information content (AvgIpc) is 2.89. The molecule has 0 aromatic carbocycles. The second-order valence-electron chi connectivity index (χ2n) is 5.70. The van der Waals surface area contributed by atoms with Gasteiger partial charge in [0.15, 0.2) is 0 Å². The Kier molecular flexibility index (Phi) is 10.7. The van der Waals surface area contributed by atoms with Crippen LogP contribution in [0.5, 0.6) is 0 Å². The van der Waals surface area contributed by atoms with Crippen LogP contribution < -0.4 is 5.32 Å². The summed E-state index contributed by atoms with van der Waals surface area (Å²) in [5.41, 5.74) is 2.81. The molecule has 0 spiro atoms. The van der Waals surface area contributed by atoms with Crippen molar-refractivity contribution >= 4 is 0 Å². The van der Waals surface area contributed by atoms with E-state index in [0.29, 0.717) is 6.04 Å². The lowest BCUT2D eigenvalue weighted by Crippen LogP contribution is -2.16. The molecule has 0 saturated heterocycles. The van der Waals surface area contributed by atoms with Gasteiger partial charge in [-0.15, -0.1) is 0 Å². The van der Waals surface area contributed by atoms with Crippen molar-refractivity contribution in [3.8, 4) is 0 Å². The summed E-state index contributed by atoms with van der Waals surface area (Å²) < 4.78 is 0. The minimum Gasteiger partial charge on any atom is -0.388 e. The van der Waals surface area contributed by atoms with Crippen molar-refractivity contribution in [2.45, 2.75) is 85.6 Å². The first-order valence-corrected chi connectivity index (χ1v) is 8.26. The fourth-order valence-electron chi connectivity index (χ4n) is 2.58. The highest BCUT2D eigenvalue weighted by Crippen LogP contribution is 2.32. The maximum Gasteiger partial charge on any atom is 0.0199 e. The molecule has 0 aromatic rings. The van der Waals surface area contributed by atoms with Gasteiger partial charge in [0.05, 0.1) is 0 Å². The molecule has 0 amide bonds. The molecule has 1 nitrogen and oxygen atoms in total. The van der Waals surface area contributed by atoms with Crippen LogP contribution in [-0.4, -0.2) is 6.04 Å². The van der Waals surface area contributed by atoms with Crippen LogP contribution in [0.15, 0.2) is 23.9 Å². The maximum atomic E-state index is 4.31. The van der Waals surface area contributed by atoms with Crippen molar-refractivity contribution in [3.63, 3.8) is 0 Å². The van der Waals surface area contributed by atoms with E-state index >= 15 is 0 Å². The van der Waals surface area contributed by atoms with Gasteiger partial charge in [-0.1, -0.05) is 65.0 Å². The van der Waals surface area contributed by atoms with Crippen LogP contribution in [0.4, 0.5) is 0 Å². The van der Waals surface area contributed by atoms with E-state index in [2.05, 4.69) is 38.9 Å². The third kappa shape index (κ3) is 8.13. The van der Waals surface area contributed by atoms with E-state index in [1.807, 2.05) is 13.8 Å². The first-order valence-electron chi connectivity index (χ1n) is 8.26. The predicted octanol–water partition coefficient (Wildman–Crippen LogP) is 5.83. The fourth-order valence-corrected chi connectivity index (χ4v) is 2.58. The van der Waals surface area contributed by atoms with Crippen LogP contribution in [0.2, 0.25) is 0 Å². The van der Waals surface area contributed by atoms with Gasteiger partial charge in [0.25, 0.3) is 0 Å². The number of hydrogen-bond acceptors (Lipinski definition) is 1. The molecule has 0 unspecified atom stereocenters. The number of rotatable bonds is 7. The van der Waals surface area contributed by atoms with Crippen molar-refractivity contribution in [1.29, 1.82) is 0 Å². The molecule has 0 heterocycles. The zero-order valence-corrected chi connectivity index (χ0v) is 13.9. The lowest BCUT2D eigenvalue weighted by atomic mass is 9.92. The predicted molar refractivity (Wildman–Crippen MR) is 88.3 cm³/mol. The number of hydrogen-bond donors (Lipinski definition) is 1. The molecule has 1 fully saturated rings. The average molecular weight is 265 g/mol. The number of allylic oxidation sites excluding steroid dienone is 2. The largest absolute Gasteiger partial charge is 0.388 e. The van der Waals surface area contributed by atoms with Gasteiger partial charge in [0, 0.05) is 12.2 Å². The van der Waals surface area contributed by atoms with Crippen LogP contribution in [0.3, 0.4) is 0 Å². The van der Waals surface area contributed by atoms with Crippen molar-refractivity contribution in [2.24, 2.45) is 5.92 Å². The van der Waals surface area contributed by atoms with Crippen molar-refractivity contribution in [2.75, 3.05) is 0 Å². The Balaban J connectivity index is 0.00000154. The first-order chi connectivity index (χ1) is 9.13. The van der Waals surface area contributed by atoms with E-state index in [1.165, 1.54) is 49.7 Å². The van der Waals surface area contributed by atoms with Crippen molar-refractivity contribution in [3.05, 3.63) is 23.9 Å². The molecule has 0 aliphatic heterocycles. The zero-order chi connectivity index (χ0) is 14.7. The van der Waals surface area contributed by atoms with E-state index in [0.717, 1.165) is 12.3 Å². The summed E-state index contributed by atoms with van der Waals surface area (Å²) in [7, 11) is 0. The molecule has 0 radical (unpaired) electrons. The normalized spacial score (nSPS) is 16.2. The Morgan fingerprint density at radius 1 is 1.26 bits per heavy atom. The van der Waals surface area contributed by atoms with Gasteiger partial charge in [-0.05, 0) is 38.2 Å². The Bertz CT molecular complexity index is 257. The maximum absolute atomic E-state index is 4.31. The smallest absolute Gasteiger partial charge is 0.0199 e. The van der Waals surface area contributed by atoms with E-state index in [-0.39, 0.29) is 0 Å². The molecule has 1 N–H and O–H groups in total. The Labute approximate surface area is 121 Å². The van der Waals surface area contributed by atoms with E-state index in [9.17, 15) is 0 Å². The summed E-state index contributed by atoms with van der Waals surface area (Å²) >= 11 is 0. The van der Waals surface area contributed by atoms with E-state index in [4.69, 9.17) is 0 Å². The van der Waals surface area contributed by atoms with Crippen molar-refractivity contribution in [1.82, 2.24) is 5.32 Å². The topological polar surface area (TPSA) is 12.0 Å². The third-order valence-corrected chi connectivity index (χ3v) is 3.57. The highest BCUT2D eigenvalue weighted by Gasteiger charge is 2.17. The van der Waals surface area contributed by atoms with Gasteiger partial charge in [-0.2, -0.15) is 0 Å². The molecule has 1 aliphatic rings. The lowest BCUT2D eigenvalue weighted by Gasteiger charge is -2.16. The van der Waals surface area contributed by atoms with Crippen LogP contribution in [0, 0.1) is 5.92 Å². The van der Waals surface area contributed by atoms with Gasteiger partial charge in [-0.3, -0.25) is 0 Å².